The second kappa shape index (κ2) is 6.01. The number of aryl methyl sites for hydroxylation is 1. The van der Waals surface area contributed by atoms with Gasteiger partial charge in [-0.1, -0.05) is 0 Å². The molecule has 1 aromatic carbocycles. The smallest absolute Gasteiger partial charge is 0.126 e. The molecule has 0 aliphatic carbocycles. The summed E-state index contributed by atoms with van der Waals surface area (Å²) in [4.78, 5) is 0. The predicted molar refractivity (Wildman–Crippen MR) is 66.8 cm³/mol. The lowest BCUT2D eigenvalue weighted by Crippen LogP contribution is -2.28. The van der Waals surface area contributed by atoms with Gasteiger partial charge in [0.05, 0.1) is 6.61 Å². The van der Waals surface area contributed by atoms with Crippen molar-refractivity contribution in [1.82, 2.24) is 5.32 Å². The third kappa shape index (κ3) is 3.70. The van der Waals surface area contributed by atoms with Crippen LogP contribution in [-0.2, 0) is 0 Å². The third-order valence-electron chi connectivity index (χ3n) is 3.38. The first-order chi connectivity index (χ1) is 8.25. The molecule has 17 heavy (non-hydrogen) atoms. The third-order valence-corrected chi connectivity index (χ3v) is 3.38. The van der Waals surface area contributed by atoms with E-state index < -0.39 is 0 Å². The quantitative estimate of drug-likeness (QED) is 0.869. The minimum atomic E-state index is -0.171. The minimum Gasteiger partial charge on any atom is -0.494 e. The van der Waals surface area contributed by atoms with Crippen LogP contribution in [0.15, 0.2) is 18.2 Å². The first-order valence-electron chi connectivity index (χ1n) is 6.35. The lowest BCUT2D eigenvalue weighted by molar-refractivity contribution is 0.251. The van der Waals surface area contributed by atoms with Gasteiger partial charge in [-0.3, -0.25) is 0 Å². The van der Waals surface area contributed by atoms with Crippen LogP contribution in [0.25, 0.3) is 0 Å². The highest BCUT2D eigenvalue weighted by molar-refractivity contribution is 5.28. The Kier molecular flexibility index (Phi) is 4.37. The molecule has 0 aromatic heterocycles. The van der Waals surface area contributed by atoms with Gasteiger partial charge < -0.3 is 10.1 Å². The molecule has 3 heteroatoms. The van der Waals surface area contributed by atoms with E-state index in [2.05, 4.69) is 5.32 Å². The van der Waals surface area contributed by atoms with Gasteiger partial charge in [-0.2, -0.15) is 0 Å². The van der Waals surface area contributed by atoms with Crippen LogP contribution in [0.2, 0.25) is 0 Å². The lowest BCUT2D eigenvalue weighted by Gasteiger charge is -2.22. The molecule has 1 N–H and O–H groups in total. The monoisotopic (exact) mass is 237 g/mol. The summed E-state index contributed by atoms with van der Waals surface area (Å²) in [6, 6.07) is 4.93. The van der Waals surface area contributed by atoms with Crippen LogP contribution >= 0.6 is 0 Å². The molecular formula is C14H20FNO. The Balaban J connectivity index is 1.75. The van der Waals surface area contributed by atoms with Crippen LogP contribution in [0.4, 0.5) is 4.39 Å². The van der Waals surface area contributed by atoms with Crippen molar-refractivity contribution in [3.05, 3.63) is 29.6 Å². The first-order valence-corrected chi connectivity index (χ1v) is 6.35. The summed E-state index contributed by atoms with van der Waals surface area (Å²) >= 11 is 0. The van der Waals surface area contributed by atoms with Crippen LogP contribution in [0, 0.1) is 18.7 Å². The fourth-order valence-corrected chi connectivity index (χ4v) is 2.22. The van der Waals surface area contributed by atoms with E-state index >= 15 is 0 Å². The molecule has 94 valence electrons. The molecule has 0 amide bonds. The van der Waals surface area contributed by atoms with Crippen molar-refractivity contribution in [2.45, 2.75) is 26.2 Å². The lowest BCUT2D eigenvalue weighted by atomic mass is 9.95. The van der Waals surface area contributed by atoms with E-state index in [-0.39, 0.29) is 5.82 Å². The second-order valence-electron chi connectivity index (χ2n) is 4.74. The Morgan fingerprint density at radius 3 is 2.82 bits per heavy atom. The molecule has 1 saturated heterocycles. The Labute approximate surface area is 102 Å². The summed E-state index contributed by atoms with van der Waals surface area (Å²) in [7, 11) is 0. The molecule has 1 aromatic rings. The molecule has 0 spiro atoms. The van der Waals surface area contributed by atoms with Gasteiger partial charge in [0.15, 0.2) is 0 Å². The summed E-state index contributed by atoms with van der Waals surface area (Å²) < 4.78 is 18.7. The zero-order valence-electron chi connectivity index (χ0n) is 10.3. The van der Waals surface area contributed by atoms with Crippen LogP contribution in [0.3, 0.4) is 0 Å². The maximum atomic E-state index is 13.0. The molecule has 0 unspecified atom stereocenters. The van der Waals surface area contributed by atoms with E-state index in [1.807, 2.05) is 0 Å². The maximum Gasteiger partial charge on any atom is 0.126 e. The molecule has 2 rings (SSSR count). The standard InChI is InChI=1S/C14H20FNO/c1-11-10-13(2-3-14(11)15)17-9-6-12-4-7-16-8-5-12/h2-3,10,12,16H,4-9H2,1H3. The SMILES string of the molecule is Cc1cc(OCCC2CCNCC2)ccc1F. The number of rotatable bonds is 4. The van der Waals surface area contributed by atoms with E-state index in [4.69, 9.17) is 4.74 Å². The second-order valence-corrected chi connectivity index (χ2v) is 4.74. The average Bonchev–Trinajstić information content (AvgIpc) is 2.35. The molecular weight excluding hydrogens is 217 g/mol. The van der Waals surface area contributed by atoms with Crippen molar-refractivity contribution in [3.8, 4) is 5.75 Å². The Morgan fingerprint density at radius 1 is 1.35 bits per heavy atom. The van der Waals surface area contributed by atoms with Crippen molar-refractivity contribution in [1.29, 1.82) is 0 Å². The van der Waals surface area contributed by atoms with E-state index in [9.17, 15) is 4.39 Å². The molecule has 0 bridgehead atoms. The highest BCUT2D eigenvalue weighted by Gasteiger charge is 2.12. The van der Waals surface area contributed by atoms with Crippen LogP contribution in [0.1, 0.15) is 24.8 Å². The van der Waals surface area contributed by atoms with Crippen molar-refractivity contribution in [2.75, 3.05) is 19.7 Å². The van der Waals surface area contributed by atoms with E-state index in [1.165, 1.54) is 18.9 Å². The van der Waals surface area contributed by atoms with Gasteiger partial charge in [0, 0.05) is 0 Å². The zero-order chi connectivity index (χ0) is 12.1. The van der Waals surface area contributed by atoms with Crippen LogP contribution in [-0.4, -0.2) is 19.7 Å². The number of hydrogen-bond donors (Lipinski definition) is 1. The van der Waals surface area contributed by atoms with E-state index in [1.54, 1.807) is 19.1 Å². The van der Waals surface area contributed by atoms with Gasteiger partial charge in [0.1, 0.15) is 11.6 Å². The highest BCUT2D eigenvalue weighted by Crippen LogP contribution is 2.19. The summed E-state index contributed by atoms with van der Waals surface area (Å²) in [5, 5.41) is 3.35. The van der Waals surface area contributed by atoms with Gasteiger partial charge >= 0.3 is 0 Å². The molecule has 0 radical (unpaired) electrons. The molecule has 1 heterocycles. The fourth-order valence-electron chi connectivity index (χ4n) is 2.22. The summed E-state index contributed by atoms with van der Waals surface area (Å²) in [5.41, 5.74) is 0.643. The summed E-state index contributed by atoms with van der Waals surface area (Å²) in [6.07, 6.45) is 3.58. The number of benzene rings is 1. The topological polar surface area (TPSA) is 21.3 Å². The van der Waals surface area contributed by atoms with Gasteiger partial charge in [-0.25, -0.2) is 4.39 Å². The van der Waals surface area contributed by atoms with Crippen molar-refractivity contribution in [3.63, 3.8) is 0 Å². The molecule has 1 aliphatic rings. The van der Waals surface area contributed by atoms with Gasteiger partial charge in [-0.05, 0) is 69.0 Å². The number of ether oxygens (including phenoxy) is 1. The molecule has 0 saturated carbocycles. The predicted octanol–water partition coefficient (Wildman–Crippen LogP) is 2.90. The highest BCUT2D eigenvalue weighted by atomic mass is 19.1. The zero-order valence-corrected chi connectivity index (χ0v) is 10.3. The van der Waals surface area contributed by atoms with Gasteiger partial charge in [0.25, 0.3) is 0 Å². The Bertz CT molecular complexity index is 361. The average molecular weight is 237 g/mol. The maximum absolute atomic E-state index is 13.0. The fraction of sp³-hybridized carbons (Fsp3) is 0.571. The van der Waals surface area contributed by atoms with Crippen LogP contribution in [0.5, 0.6) is 5.75 Å². The number of nitrogens with one attached hydrogen (secondary N) is 1. The Hall–Kier alpha value is -1.09. The van der Waals surface area contributed by atoms with Crippen molar-refractivity contribution < 1.29 is 9.13 Å². The normalized spacial score (nSPS) is 17.1. The van der Waals surface area contributed by atoms with E-state index in [0.29, 0.717) is 5.56 Å². The molecule has 1 aliphatic heterocycles. The number of piperidine rings is 1. The minimum absolute atomic E-state index is 0.171. The van der Waals surface area contributed by atoms with Crippen molar-refractivity contribution >= 4 is 0 Å². The summed E-state index contributed by atoms with van der Waals surface area (Å²) in [6.45, 7) is 4.74. The van der Waals surface area contributed by atoms with Gasteiger partial charge in [-0.15, -0.1) is 0 Å². The van der Waals surface area contributed by atoms with Gasteiger partial charge in [0.2, 0.25) is 0 Å². The number of halogens is 1. The molecule has 2 nitrogen and oxygen atoms in total. The van der Waals surface area contributed by atoms with E-state index in [0.717, 1.165) is 37.8 Å². The van der Waals surface area contributed by atoms with Crippen molar-refractivity contribution in [2.24, 2.45) is 5.92 Å². The number of hydrogen-bond acceptors (Lipinski definition) is 2. The first kappa shape index (κ1) is 12.4. The van der Waals surface area contributed by atoms with Crippen LogP contribution < -0.4 is 10.1 Å². The largest absolute Gasteiger partial charge is 0.494 e. The molecule has 1 fully saturated rings. The molecule has 0 atom stereocenters. The summed E-state index contributed by atoms with van der Waals surface area (Å²) in [5.74, 6) is 1.38. The Morgan fingerprint density at radius 2 is 2.12 bits per heavy atom.